The molecule has 38 heavy (non-hydrogen) atoms. The van der Waals surface area contributed by atoms with E-state index in [-0.39, 0.29) is 17.5 Å². The van der Waals surface area contributed by atoms with E-state index >= 15 is 0 Å². The van der Waals surface area contributed by atoms with Gasteiger partial charge in [-0.3, -0.25) is 4.90 Å². The Hall–Kier alpha value is -2.61. The third-order valence-electron chi connectivity index (χ3n) is 7.12. The summed E-state index contributed by atoms with van der Waals surface area (Å²) >= 11 is -0.811. The lowest BCUT2D eigenvalue weighted by Gasteiger charge is -2.43. The summed E-state index contributed by atoms with van der Waals surface area (Å²) in [6.07, 6.45) is -1.88. The van der Waals surface area contributed by atoms with Crippen molar-refractivity contribution in [2.75, 3.05) is 73.0 Å². The van der Waals surface area contributed by atoms with E-state index in [2.05, 4.69) is 25.4 Å². The van der Waals surface area contributed by atoms with Crippen LogP contribution in [-0.4, -0.2) is 89.1 Å². The monoisotopic (exact) mass is 551 g/mol. The van der Waals surface area contributed by atoms with E-state index in [1.165, 1.54) is 12.1 Å². The van der Waals surface area contributed by atoms with Crippen molar-refractivity contribution in [2.24, 2.45) is 5.92 Å². The van der Waals surface area contributed by atoms with Crippen LogP contribution in [0.15, 0.2) is 24.3 Å². The number of aromatic nitrogens is 2. The number of nitrogens with zero attached hydrogens (tertiary/aromatic N) is 4. The van der Waals surface area contributed by atoms with E-state index in [4.69, 9.17) is 15.1 Å². The quantitative estimate of drug-likeness (QED) is 0.338. The highest BCUT2D eigenvalue weighted by Crippen LogP contribution is 2.34. The van der Waals surface area contributed by atoms with Gasteiger partial charge in [-0.25, -0.2) is 0 Å². The van der Waals surface area contributed by atoms with E-state index < -0.39 is 22.9 Å². The molecule has 13 heteroatoms. The van der Waals surface area contributed by atoms with Crippen molar-refractivity contribution < 1.29 is 22.5 Å². The molecule has 3 aliphatic rings. The van der Waals surface area contributed by atoms with Gasteiger partial charge in [0.1, 0.15) is 23.1 Å². The molecule has 2 aromatic rings. The van der Waals surface area contributed by atoms with Gasteiger partial charge in [0.15, 0.2) is 0 Å². The molecule has 0 saturated carbocycles. The van der Waals surface area contributed by atoms with Crippen LogP contribution in [0.3, 0.4) is 0 Å². The topological polar surface area (TPSA) is 112 Å². The highest BCUT2D eigenvalue weighted by molar-refractivity contribution is 7.91. The minimum Gasteiger partial charge on any atom is -0.616 e. The summed E-state index contributed by atoms with van der Waals surface area (Å²) in [4.78, 5) is 13.8. The van der Waals surface area contributed by atoms with Crippen LogP contribution in [0, 0.1) is 11.3 Å². The van der Waals surface area contributed by atoms with Crippen LogP contribution in [0.1, 0.15) is 24.0 Å². The van der Waals surface area contributed by atoms with Crippen molar-refractivity contribution in [1.29, 1.82) is 5.41 Å². The van der Waals surface area contributed by atoms with E-state index in [1.54, 1.807) is 0 Å². The van der Waals surface area contributed by atoms with Crippen molar-refractivity contribution >= 4 is 40.7 Å². The van der Waals surface area contributed by atoms with E-state index in [1.807, 2.05) is 0 Å². The van der Waals surface area contributed by atoms with Crippen molar-refractivity contribution in [2.45, 2.75) is 25.1 Å². The van der Waals surface area contributed by atoms with Crippen molar-refractivity contribution in [3.8, 4) is 0 Å². The summed E-state index contributed by atoms with van der Waals surface area (Å²) in [5, 5.41) is 14.4. The normalized spacial score (nSPS) is 23.1. The van der Waals surface area contributed by atoms with Crippen LogP contribution in [-0.2, 0) is 22.1 Å². The van der Waals surface area contributed by atoms with Crippen molar-refractivity contribution in [3.05, 3.63) is 35.4 Å². The molecule has 0 radical (unpaired) electrons. The van der Waals surface area contributed by atoms with Crippen LogP contribution in [0.25, 0.3) is 0 Å². The third-order valence-corrected chi connectivity index (χ3v) is 8.50. The molecule has 0 atom stereocenters. The van der Waals surface area contributed by atoms with Crippen LogP contribution in [0.5, 0.6) is 0 Å². The first-order chi connectivity index (χ1) is 18.3. The van der Waals surface area contributed by atoms with Gasteiger partial charge in [0.05, 0.1) is 24.3 Å². The summed E-state index contributed by atoms with van der Waals surface area (Å²) < 4.78 is 57.1. The van der Waals surface area contributed by atoms with Crippen LogP contribution in [0.4, 0.5) is 36.4 Å². The average molecular weight is 552 g/mol. The first-order valence-electron chi connectivity index (χ1n) is 12.8. The lowest BCUT2D eigenvalue weighted by atomic mass is 9.98. The molecule has 3 saturated heterocycles. The Labute approximate surface area is 222 Å². The lowest BCUT2D eigenvalue weighted by Crippen LogP contribution is -2.53. The molecule has 0 aliphatic carbocycles. The molecule has 1 aromatic heterocycles. The molecule has 0 spiro atoms. The number of hydrogen-bond acceptors (Lipinski definition) is 9. The summed E-state index contributed by atoms with van der Waals surface area (Å²) in [5.74, 6) is 2.84. The number of alkyl halides is 3. The van der Waals surface area contributed by atoms with Gasteiger partial charge in [-0.1, -0.05) is 17.2 Å². The largest absolute Gasteiger partial charge is 0.616 e. The maximum absolute atomic E-state index is 13.3. The second kappa shape index (κ2) is 11.6. The van der Waals surface area contributed by atoms with Gasteiger partial charge >= 0.3 is 6.18 Å². The Balaban J connectivity index is 1.39. The third kappa shape index (κ3) is 6.50. The zero-order valence-corrected chi connectivity index (χ0v) is 21.8. The van der Waals surface area contributed by atoms with Crippen LogP contribution in [0.2, 0.25) is 0 Å². The average Bonchev–Trinajstić information content (AvgIpc) is 2.87. The molecule has 0 unspecified atom stereocenters. The second-order valence-electron chi connectivity index (χ2n) is 9.93. The molecule has 3 aliphatic heterocycles. The number of rotatable bonds is 8. The first kappa shape index (κ1) is 27.0. The minimum atomic E-state index is -4.47. The molecule has 3 N–H and O–H groups in total. The zero-order valence-electron chi connectivity index (χ0n) is 21.0. The van der Waals surface area contributed by atoms with Gasteiger partial charge in [0.25, 0.3) is 0 Å². The first-order valence-corrected chi connectivity index (χ1v) is 14.3. The Kier molecular flexibility index (Phi) is 8.26. The van der Waals surface area contributed by atoms with E-state index in [9.17, 15) is 17.7 Å². The summed E-state index contributed by atoms with van der Waals surface area (Å²) in [7, 11) is 0. The number of benzene rings is 1. The molecule has 9 nitrogen and oxygen atoms in total. The molecule has 1 aromatic carbocycles. The van der Waals surface area contributed by atoms with Gasteiger partial charge in [-0.05, 0) is 18.2 Å². The molecule has 4 heterocycles. The molecule has 5 rings (SSSR count). The fourth-order valence-corrected chi connectivity index (χ4v) is 6.33. The molecule has 3 fully saturated rings. The molecular weight excluding hydrogens is 519 g/mol. The Morgan fingerprint density at radius 2 is 1.89 bits per heavy atom. The number of nitrogens with one attached hydrogen (secondary N) is 3. The van der Waals surface area contributed by atoms with Gasteiger partial charge in [0, 0.05) is 69.4 Å². The number of anilines is 4. The van der Waals surface area contributed by atoms with Gasteiger partial charge in [0.2, 0.25) is 5.95 Å². The minimum absolute atomic E-state index is 0.0539. The predicted octanol–water partition coefficient (Wildman–Crippen LogP) is 3.33. The van der Waals surface area contributed by atoms with Gasteiger partial charge in [-0.15, -0.1) is 0 Å². The summed E-state index contributed by atoms with van der Waals surface area (Å²) in [5.41, 5.74) is -0.127. The Bertz CT molecular complexity index is 1120. The number of halogens is 3. The van der Waals surface area contributed by atoms with Gasteiger partial charge in [-0.2, -0.15) is 23.1 Å². The van der Waals surface area contributed by atoms with E-state index in [0.29, 0.717) is 34.8 Å². The smallest absolute Gasteiger partial charge is 0.416 e. The lowest BCUT2D eigenvalue weighted by molar-refractivity contribution is -0.137. The zero-order chi connectivity index (χ0) is 26.7. The standard InChI is InChI=1S/C25H32F3N7O2S/c26-25(27,28)18-2-1-3-20(12-18)30-22-21(13-29)23(33-24(32-22)31-19-4-10-38(36)11-5-19)35-15-17(16-35)14-34-6-8-37-9-7-34/h1-3,12-13,17,19,29H,4-11,14-16H2,(H2,30,31,32,33). The number of ether oxygens (including phenoxy) is 1. The Morgan fingerprint density at radius 3 is 2.58 bits per heavy atom. The maximum Gasteiger partial charge on any atom is 0.416 e. The molecule has 0 bridgehead atoms. The number of morpholine rings is 1. The fourth-order valence-electron chi connectivity index (χ4n) is 5.03. The number of hydrogen-bond donors (Lipinski definition) is 3. The van der Waals surface area contributed by atoms with Crippen LogP contribution >= 0.6 is 0 Å². The second-order valence-corrected chi connectivity index (χ2v) is 11.6. The maximum atomic E-state index is 13.3. The predicted molar refractivity (Wildman–Crippen MR) is 142 cm³/mol. The highest BCUT2D eigenvalue weighted by Gasteiger charge is 2.33. The van der Waals surface area contributed by atoms with Gasteiger partial charge < -0.3 is 30.2 Å². The summed E-state index contributed by atoms with van der Waals surface area (Å²) in [6, 6.07) is 4.98. The van der Waals surface area contributed by atoms with Crippen molar-refractivity contribution in [3.63, 3.8) is 0 Å². The highest BCUT2D eigenvalue weighted by atomic mass is 32.2. The van der Waals surface area contributed by atoms with Crippen molar-refractivity contribution in [1.82, 2.24) is 14.9 Å². The Morgan fingerprint density at radius 1 is 1.16 bits per heavy atom. The molecular formula is C25H32F3N7O2S. The SMILES string of the molecule is N=Cc1c(Nc2cccc(C(F)(F)F)c2)nc(NC2CC[S+]([O-])CC2)nc1N1CC(CN2CCOCC2)C1. The fraction of sp³-hybridized carbons (Fsp3) is 0.560. The van der Waals surface area contributed by atoms with E-state index in [0.717, 1.165) is 77.1 Å². The molecule has 0 amide bonds. The molecule has 206 valence electrons. The van der Waals surface area contributed by atoms with Crippen LogP contribution < -0.4 is 15.5 Å². The summed E-state index contributed by atoms with van der Waals surface area (Å²) in [6.45, 7) is 5.82.